The van der Waals surface area contributed by atoms with Crippen molar-refractivity contribution < 1.29 is 50.6 Å². The van der Waals surface area contributed by atoms with Crippen molar-refractivity contribution in [2.24, 2.45) is 5.92 Å². The number of carbonyl (C=O) groups excluding carboxylic acids is 5. The van der Waals surface area contributed by atoms with Crippen LogP contribution in [0.5, 0.6) is 0 Å². The van der Waals surface area contributed by atoms with Gasteiger partial charge in [-0.15, -0.1) is 0 Å². The van der Waals surface area contributed by atoms with E-state index < -0.39 is 101 Å². The molecule has 0 radical (unpaired) electrons. The van der Waals surface area contributed by atoms with Crippen molar-refractivity contribution >= 4 is 51.7 Å². The van der Waals surface area contributed by atoms with Gasteiger partial charge in [0.25, 0.3) is 11.8 Å². The molecule has 302 valence electrons. The van der Waals surface area contributed by atoms with Gasteiger partial charge in [-0.3, -0.25) is 19.3 Å². The average Bonchev–Trinajstić information content (AvgIpc) is 3.41. The van der Waals surface area contributed by atoms with Crippen LogP contribution in [0.4, 0.5) is 18.4 Å². The van der Waals surface area contributed by atoms with Gasteiger partial charge in [-0.05, 0) is 63.6 Å². The molecule has 5 atom stereocenters. The first-order valence-electron chi connectivity index (χ1n) is 18.5. The Balaban J connectivity index is 1.25. The summed E-state index contributed by atoms with van der Waals surface area (Å²) in [5, 5.41) is 5.84. The summed E-state index contributed by atoms with van der Waals surface area (Å²) in [4.78, 5) is 71.4. The predicted octanol–water partition coefficient (Wildman–Crippen LogP) is 3.75. The molecule has 1 aromatic carbocycles. The standard InChI is InChI=1S/C36H47ClF2N6O9S/c1-34(2,3)54-32(49)40-27-13-8-6-4-5-7-11-23-17-36(23,31(48)42-55(51,52)44-15-14-35(38,39)21-44)41-29(46)28-16-24(19-45(28)30(27)47)53-33(50)43-18-22-10-9-12-26(37)25(22)20-43/h7,9-12,23-24,27-28H,4-6,8,13-21H2,1-3H3,(H,40,49)(H,41,46)(H,42,48)/b11-7-/t23-,24+,27-,28-,36+/m0/s1. The Hall–Kier alpha value is -4.03. The molecule has 15 nitrogen and oxygen atoms in total. The zero-order valence-corrected chi connectivity index (χ0v) is 32.5. The first kappa shape index (κ1) is 40.6. The van der Waals surface area contributed by atoms with Gasteiger partial charge in [-0.25, -0.2) is 23.1 Å². The first-order chi connectivity index (χ1) is 25.8. The van der Waals surface area contributed by atoms with Gasteiger partial charge >= 0.3 is 22.4 Å². The Kier molecular flexibility index (Phi) is 11.4. The maximum atomic E-state index is 14.4. The molecule has 5 amide bonds. The number of rotatable bonds is 5. The molecule has 0 spiro atoms. The Bertz CT molecular complexity index is 1860. The molecule has 19 heteroatoms. The van der Waals surface area contributed by atoms with Gasteiger partial charge in [0.1, 0.15) is 29.3 Å². The number of carbonyl (C=O) groups is 5. The van der Waals surface area contributed by atoms with Crippen LogP contribution in [0.3, 0.4) is 0 Å². The van der Waals surface area contributed by atoms with Crippen LogP contribution in [-0.2, 0) is 47.2 Å². The lowest BCUT2D eigenvalue weighted by atomic mass is 10.0. The minimum atomic E-state index is -4.69. The average molecular weight is 813 g/mol. The van der Waals surface area contributed by atoms with Crippen molar-refractivity contribution in [1.82, 2.24) is 29.5 Å². The van der Waals surface area contributed by atoms with Crippen LogP contribution in [0, 0.1) is 5.92 Å². The minimum absolute atomic E-state index is 0.00668. The highest BCUT2D eigenvalue weighted by molar-refractivity contribution is 7.87. The molecule has 1 saturated carbocycles. The van der Waals surface area contributed by atoms with Crippen LogP contribution >= 0.6 is 11.6 Å². The molecule has 5 aliphatic rings. The molecule has 4 heterocycles. The van der Waals surface area contributed by atoms with Gasteiger partial charge in [0, 0.05) is 36.9 Å². The van der Waals surface area contributed by atoms with Crippen molar-refractivity contribution in [1.29, 1.82) is 0 Å². The van der Waals surface area contributed by atoms with Crippen molar-refractivity contribution in [3.63, 3.8) is 0 Å². The third-order valence-corrected chi connectivity index (χ3v) is 12.3. The van der Waals surface area contributed by atoms with Gasteiger partial charge in [0.15, 0.2) is 0 Å². The summed E-state index contributed by atoms with van der Waals surface area (Å²) in [5.74, 6) is -6.46. The second-order valence-corrected chi connectivity index (χ2v) is 18.0. The number of hydrogen-bond acceptors (Lipinski definition) is 9. The number of alkyl carbamates (subject to hydrolysis) is 1. The second kappa shape index (κ2) is 15.5. The normalized spacial score (nSPS) is 29.1. The Morgan fingerprint density at radius 2 is 1.85 bits per heavy atom. The van der Waals surface area contributed by atoms with Crippen LogP contribution in [-0.4, -0.2) is 107 Å². The molecule has 0 aromatic heterocycles. The molecule has 1 aromatic rings. The first-order valence-corrected chi connectivity index (χ1v) is 20.3. The molecule has 1 aliphatic carbocycles. The largest absolute Gasteiger partial charge is 0.444 e. The zero-order valence-electron chi connectivity index (χ0n) is 30.9. The zero-order chi connectivity index (χ0) is 39.9. The number of amides is 5. The van der Waals surface area contributed by atoms with Crippen LogP contribution in [0.25, 0.3) is 0 Å². The Morgan fingerprint density at radius 3 is 2.55 bits per heavy atom. The molecular formula is C36H47ClF2N6O9S. The fraction of sp³-hybridized carbons (Fsp3) is 0.639. The number of nitrogens with zero attached hydrogens (tertiary/aromatic N) is 3. The molecule has 3 fully saturated rings. The molecule has 0 bridgehead atoms. The lowest BCUT2D eigenvalue weighted by Crippen LogP contribution is -2.59. The van der Waals surface area contributed by atoms with Crippen molar-refractivity contribution in [3.8, 4) is 0 Å². The second-order valence-electron chi connectivity index (χ2n) is 15.9. The van der Waals surface area contributed by atoms with Gasteiger partial charge < -0.3 is 25.0 Å². The molecule has 0 unspecified atom stereocenters. The van der Waals surface area contributed by atoms with Gasteiger partial charge in [-0.2, -0.15) is 12.7 Å². The van der Waals surface area contributed by atoms with E-state index in [1.54, 1.807) is 39.0 Å². The summed E-state index contributed by atoms with van der Waals surface area (Å²) >= 11 is 6.34. The lowest BCUT2D eigenvalue weighted by molar-refractivity contribution is -0.141. The monoisotopic (exact) mass is 812 g/mol. The third kappa shape index (κ3) is 9.34. The molecule has 6 rings (SSSR count). The molecule has 2 saturated heterocycles. The number of ether oxygens (including phenoxy) is 2. The number of allylic oxidation sites excluding steroid dienone is 1. The van der Waals surface area contributed by atoms with E-state index in [4.69, 9.17) is 21.1 Å². The van der Waals surface area contributed by atoms with Gasteiger partial charge in [0.2, 0.25) is 11.8 Å². The Labute approximate surface area is 323 Å². The molecular weight excluding hydrogens is 766 g/mol. The van der Waals surface area contributed by atoms with Gasteiger partial charge in [-0.1, -0.05) is 48.7 Å². The van der Waals surface area contributed by atoms with Crippen molar-refractivity contribution in [3.05, 3.63) is 46.5 Å². The van der Waals surface area contributed by atoms with E-state index in [1.165, 1.54) is 9.80 Å². The van der Waals surface area contributed by atoms with Crippen LogP contribution in [0.2, 0.25) is 5.02 Å². The maximum Gasteiger partial charge on any atom is 0.410 e. The smallest absolute Gasteiger partial charge is 0.410 e. The predicted molar refractivity (Wildman–Crippen MR) is 194 cm³/mol. The fourth-order valence-electron chi connectivity index (χ4n) is 7.52. The van der Waals surface area contributed by atoms with Crippen molar-refractivity contribution in [2.45, 2.75) is 120 Å². The summed E-state index contributed by atoms with van der Waals surface area (Å²) < 4.78 is 67.6. The van der Waals surface area contributed by atoms with E-state index in [-0.39, 0.29) is 38.9 Å². The summed E-state index contributed by atoms with van der Waals surface area (Å²) in [6.45, 7) is 3.64. The maximum absolute atomic E-state index is 14.4. The van der Waals surface area contributed by atoms with E-state index in [1.807, 2.05) is 16.9 Å². The number of hydrogen-bond donors (Lipinski definition) is 3. The summed E-state index contributed by atoms with van der Waals surface area (Å²) in [5.41, 5.74) is -1.01. The number of alkyl halides is 2. The number of benzene rings is 1. The molecule has 55 heavy (non-hydrogen) atoms. The summed E-state index contributed by atoms with van der Waals surface area (Å²) in [7, 11) is -4.69. The quantitative estimate of drug-likeness (QED) is 0.373. The highest BCUT2D eigenvalue weighted by Crippen LogP contribution is 2.46. The third-order valence-electron chi connectivity index (χ3n) is 10.5. The van der Waals surface area contributed by atoms with E-state index in [0.29, 0.717) is 35.0 Å². The highest BCUT2D eigenvalue weighted by Gasteiger charge is 2.62. The Morgan fingerprint density at radius 1 is 1.09 bits per heavy atom. The van der Waals surface area contributed by atoms with Crippen LogP contribution in [0.15, 0.2) is 30.4 Å². The van der Waals surface area contributed by atoms with Crippen molar-refractivity contribution in [2.75, 3.05) is 19.6 Å². The van der Waals surface area contributed by atoms with E-state index >= 15 is 0 Å². The fourth-order valence-corrected chi connectivity index (χ4v) is 9.01. The van der Waals surface area contributed by atoms with Gasteiger partial charge in [0.05, 0.1) is 19.6 Å². The van der Waals surface area contributed by atoms with Crippen LogP contribution in [0.1, 0.15) is 83.3 Å². The van der Waals surface area contributed by atoms with Crippen LogP contribution < -0.4 is 15.4 Å². The lowest BCUT2D eigenvalue weighted by Gasteiger charge is -2.30. The number of nitrogens with one attached hydrogen (secondary N) is 3. The SMILES string of the molecule is CC(C)(C)OC(=O)N[C@H]1CCCCC/C=C\[C@H]2C[C@@]2(C(=O)NS(=O)(=O)N2CCC(F)(F)C2)NC(=O)[C@@H]2C[C@@H](OC(=O)N3Cc4cccc(Cl)c4C3)CN2C1=O. The minimum Gasteiger partial charge on any atom is -0.444 e. The summed E-state index contributed by atoms with van der Waals surface area (Å²) in [6, 6.07) is 2.91. The van der Waals surface area contributed by atoms with E-state index in [9.17, 15) is 41.2 Å². The van der Waals surface area contributed by atoms with E-state index in [0.717, 1.165) is 11.1 Å². The number of halogens is 3. The molecule has 4 aliphatic heterocycles. The molecule has 3 N–H and O–H groups in total. The topological polar surface area (TPSA) is 184 Å². The summed E-state index contributed by atoms with van der Waals surface area (Å²) in [6.07, 6.45) is 2.84. The number of fused-ring (bicyclic) bond motifs is 3. The highest BCUT2D eigenvalue weighted by atomic mass is 35.5. The van der Waals surface area contributed by atoms with E-state index in [2.05, 4.69) is 10.6 Å².